The first-order valence-corrected chi connectivity index (χ1v) is 14.3. The number of sulfonamides is 1. The van der Waals surface area contributed by atoms with Crippen molar-refractivity contribution in [2.75, 3.05) is 30.3 Å². The summed E-state index contributed by atoms with van der Waals surface area (Å²) in [6.45, 7) is 8.14. The Morgan fingerprint density at radius 2 is 1.68 bits per heavy atom. The predicted octanol–water partition coefficient (Wildman–Crippen LogP) is 3.48. The van der Waals surface area contributed by atoms with Crippen molar-refractivity contribution in [2.45, 2.75) is 58.7 Å². The Balaban J connectivity index is 1.74. The summed E-state index contributed by atoms with van der Waals surface area (Å²) in [6.07, 6.45) is 1.32. The van der Waals surface area contributed by atoms with E-state index in [9.17, 15) is 22.4 Å². The summed E-state index contributed by atoms with van der Waals surface area (Å²) in [7, 11) is -3.65. The number of benzene rings is 2. The van der Waals surface area contributed by atoms with Gasteiger partial charge in [-0.3, -0.25) is 13.9 Å². The fourth-order valence-electron chi connectivity index (χ4n) is 4.03. The van der Waals surface area contributed by atoms with Gasteiger partial charge >= 0.3 is 0 Å². The minimum atomic E-state index is -3.65. The van der Waals surface area contributed by atoms with Gasteiger partial charge in [0.1, 0.15) is 25.1 Å². The number of halogens is 1. The fourth-order valence-corrected chi connectivity index (χ4v) is 4.99. The third-order valence-electron chi connectivity index (χ3n) is 5.90. The molecular formula is C27H36FN3O6S. The summed E-state index contributed by atoms with van der Waals surface area (Å²) in [5.41, 5.74) is 0.588. The highest BCUT2D eigenvalue weighted by atomic mass is 32.2. The van der Waals surface area contributed by atoms with E-state index in [0.29, 0.717) is 36.0 Å². The van der Waals surface area contributed by atoms with Gasteiger partial charge < -0.3 is 19.7 Å². The molecule has 2 aromatic carbocycles. The molecule has 38 heavy (non-hydrogen) atoms. The second kappa shape index (κ2) is 12.0. The molecule has 0 saturated carbocycles. The number of rotatable bonds is 10. The van der Waals surface area contributed by atoms with Gasteiger partial charge in [-0.1, -0.05) is 12.1 Å². The molecule has 0 aliphatic carbocycles. The van der Waals surface area contributed by atoms with Crippen molar-refractivity contribution < 1.29 is 31.9 Å². The summed E-state index contributed by atoms with van der Waals surface area (Å²) in [5.74, 6) is -0.0288. The molecule has 1 heterocycles. The fraction of sp³-hybridized carbons (Fsp3) is 0.481. The highest BCUT2D eigenvalue weighted by molar-refractivity contribution is 7.92. The predicted molar refractivity (Wildman–Crippen MR) is 143 cm³/mol. The summed E-state index contributed by atoms with van der Waals surface area (Å²) >= 11 is 0. The first-order valence-electron chi connectivity index (χ1n) is 12.5. The molecule has 0 spiro atoms. The van der Waals surface area contributed by atoms with E-state index in [-0.39, 0.29) is 37.7 Å². The zero-order chi connectivity index (χ0) is 28.1. The summed E-state index contributed by atoms with van der Waals surface area (Å²) in [5, 5.41) is 2.89. The molecule has 0 saturated heterocycles. The van der Waals surface area contributed by atoms with Gasteiger partial charge in [-0.05, 0) is 63.9 Å². The van der Waals surface area contributed by atoms with Crippen LogP contribution >= 0.6 is 0 Å². The number of ether oxygens (including phenoxy) is 2. The SMILES string of the molecule is C[C@H](C(=O)NC(C)(C)C)N(Cc1ccc(F)cc1)C(=O)CCCN(c1ccc2c(c1)OCCO2)S(C)(=O)=O. The minimum Gasteiger partial charge on any atom is -0.486 e. The smallest absolute Gasteiger partial charge is 0.242 e. The van der Waals surface area contributed by atoms with Crippen LogP contribution in [0.1, 0.15) is 46.1 Å². The molecule has 0 fully saturated rings. The number of carbonyl (C=O) groups is 2. The van der Waals surface area contributed by atoms with E-state index in [0.717, 1.165) is 6.26 Å². The third kappa shape index (κ3) is 8.08. The van der Waals surface area contributed by atoms with E-state index in [2.05, 4.69) is 5.32 Å². The molecule has 0 radical (unpaired) electrons. The summed E-state index contributed by atoms with van der Waals surface area (Å²) < 4.78 is 50.9. The molecule has 0 unspecified atom stereocenters. The van der Waals surface area contributed by atoms with Crippen molar-refractivity contribution in [2.24, 2.45) is 0 Å². The standard InChI is InChI=1S/C27H36FN3O6S/c1-19(26(33)29-27(2,3)4)30(18-20-8-10-21(28)11-9-20)25(32)7-6-14-31(38(5,34)35)22-12-13-23-24(17-22)37-16-15-36-23/h8-13,17,19H,6-7,14-16,18H2,1-5H3,(H,29,33)/t19-/m1/s1. The lowest BCUT2D eigenvalue weighted by Gasteiger charge is -2.32. The Labute approximate surface area is 224 Å². The van der Waals surface area contributed by atoms with Crippen LogP contribution in [0.2, 0.25) is 0 Å². The van der Waals surface area contributed by atoms with Crippen molar-refractivity contribution in [1.29, 1.82) is 0 Å². The molecule has 0 aromatic heterocycles. The monoisotopic (exact) mass is 549 g/mol. The van der Waals surface area contributed by atoms with Crippen molar-refractivity contribution in [3.63, 3.8) is 0 Å². The largest absolute Gasteiger partial charge is 0.486 e. The topological polar surface area (TPSA) is 105 Å². The summed E-state index contributed by atoms with van der Waals surface area (Å²) in [4.78, 5) is 27.7. The lowest BCUT2D eigenvalue weighted by atomic mass is 10.1. The van der Waals surface area contributed by atoms with Crippen LogP contribution in [-0.2, 0) is 26.2 Å². The average molecular weight is 550 g/mol. The van der Waals surface area contributed by atoms with Crippen LogP contribution in [0.15, 0.2) is 42.5 Å². The van der Waals surface area contributed by atoms with Gasteiger partial charge in [-0.25, -0.2) is 12.8 Å². The molecule has 1 atom stereocenters. The van der Waals surface area contributed by atoms with Crippen LogP contribution in [0.3, 0.4) is 0 Å². The van der Waals surface area contributed by atoms with E-state index < -0.39 is 27.4 Å². The normalized spacial score (nSPS) is 13.9. The molecule has 2 aromatic rings. The number of amides is 2. The Morgan fingerprint density at radius 1 is 1.05 bits per heavy atom. The highest BCUT2D eigenvalue weighted by Crippen LogP contribution is 2.34. The first kappa shape index (κ1) is 29.2. The number of hydrogen-bond donors (Lipinski definition) is 1. The summed E-state index contributed by atoms with van der Waals surface area (Å²) in [6, 6.07) is 9.84. The molecule has 11 heteroatoms. The number of nitrogens with one attached hydrogen (secondary N) is 1. The van der Waals surface area contributed by atoms with E-state index in [1.807, 2.05) is 20.8 Å². The number of fused-ring (bicyclic) bond motifs is 1. The van der Waals surface area contributed by atoms with E-state index in [4.69, 9.17) is 9.47 Å². The van der Waals surface area contributed by atoms with Gasteiger partial charge in [0, 0.05) is 31.1 Å². The van der Waals surface area contributed by atoms with Crippen molar-refractivity contribution in [1.82, 2.24) is 10.2 Å². The number of hydrogen-bond acceptors (Lipinski definition) is 6. The van der Waals surface area contributed by atoms with Crippen LogP contribution in [-0.4, -0.2) is 62.7 Å². The second-order valence-electron chi connectivity index (χ2n) is 10.3. The van der Waals surface area contributed by atoms with Gasteiger partial charge in [-0.15, -0.1) is 0 Å². The van der Waals surface area contributed by atoms with Gasteiger partial charge in [0.15, 0.2) is 11.5 Å². The van der Waals surface area contributed by atoms with Crippen molar-refractivity contribution in [3.8, 4) is 11.5 Å². The maximum Gasteiger partial charge on any atom is 0.242 e. The lowest BCUT2D eigenvalue weighted by molar-refractivity contribution is -0.141. The zero-order valence-electron chi connectivity index (χ0n) is 22.5. The molecule has 1 N–H and O–H groups in total. The Morgan fingerprint density at radius 3 is 2.29 bits per heavy atom. The van der Waals surface area contributed by atoms with Gasteiger partial charge in [0.25, 0.3) is 0 Å². The quantitative estimate of drug-likeness (QED) is 0.487. The molecule has 2 amide bonds. The molecule has 9 nitrogen and oxygen atoms in total. The Kier molecular flexibility index (Phi) is 9.24. The van der Waals surface area contributed by atoms with Crippen LogP contribution in [0, 0.1) is 5.82 Å². The first-order chi connectivity index (χ1) is 17.7. The molecule has 3 rings (SSSR count). The molecule has 208 valence electrons. The zero-order valence-corrected chi connectivity index (χ0v) is 23.3. The van der Waals surface area contributed by atoms with Crippen molar-refractivity contribution >= 4 is 27.5 Å². The minimum absolute atomic E-state index is 0.00487. The van der Waals surface area contributed by atoms with Crippen molar-refractivity contribution in [3.05, 3.63) is 53.8 Å². The maximum atomic E-state index is 13.4. The lowest BCUT2D eigenvalue weighted by Crippen LogP contribution is -2.52. The second-order valence-corrected chi connectivity index (χ2v) is 12.2. The van der Waals surface area contributed by atoms with Crippen LogP contribution < -0.4 is 19.1 Å². The average Bonchev–Trinajstić information content (AvgIpc) is 2.83. The molecule has 1 aliphatic heterocycles. The van der Waals surface area contributed by atoms with Crippen LogP contribution in [0.5, 0.6) is 11.5 Å². The number of carbonyl (C=O) groups excluding carboxylic acids is 2. The Bertz CT molecular complexity index is 1240. The third-order valence-corrected chi connectivity index (χ3v) is 7.09. The van der Waals surface area contributed by atoms with Crippen LogP contribution in [0.25, 0.3) is 0 Å². The van der Waals surface area contributed by atoms with Crippen LogP contribution in [0.4, 0.5) is 10.1 Å². The van der Waals surface area contributed by atoms with Gasteiger partial charge in [-0.2, -0.15) is 0 Å². The van der Waals surface area contributed by atoms with Gasteiger partial charge in [0.05, 0.1) is 11.9 Å². The molecule has 1 aliphatic rings. The van der Waals surface area contributed by atoms with Gasteiger partial charge in [0.2, 0.25) is 21.8 Å². The highest BCUT2D eigenvalue weighted by Gasteiger charge is 2.29. The van der Waals surface area contributed by atoms with E-state index in [1.165, 1.54) is 21.3 Å². The number of anilines is 1. The molecular weight excluding hydrogens is 513 g/mol. The van der Waals surface area contributed by atoms with E-state index >= 15 is 0 Å². The molecule has 0 bridgehead atoms. The maximum absolute atomic E-state index is 13.4. The number of nitrogens with zero attached hydrogens (tertiary/aromatic N) is 2. The Hall–Kier alpha value is -3.34. The van der Waals surface area contributed by atoms with E-state index in [1.54, 1.807) is 37.3 Å².